The van der Waals surface area contributed by atoms with E-state index >= 15 is 0 Å². The molecule has 1 amide bonds. The first-order valence-corrected chi connectivity index (χ1v) is 8.53. The number of aromatic nitrogens is 1. The number of aryl methyl sites for hydroxylation is 1. The highest BCUT2D eigenvalue weighted by Crippen LogP contribution is 2.17. The molecule has 3 N–H and O–H groups in total. The summed E-state index contributed by atoms with van der Waals surface area (Å²) in [5.74, 6) is -0.232. The van der Waals surface area contributed by atoms with Crippen LogP contribution in [0.3, 0.4) is 0 Å². The molecule has 0 aliphatic rings. The third-order valence-corrected chi connectivity index (χ3v) is 4.08. The first-order valence-electron chi connectivity index (χ1n) is 8.53. The molecule has 138 valence electrons. The van der Waals surface area contributed by atoms with Crippen molar-refractivity contribution in [3.8, 4) is 0 Å². The molecule has 27 heavy (non-hydrogen) atoms. The average molecular weight is 365 g/mol. The number of nitrogens with one attached hydrogen (secondary N) is 2. The second-order valence-corrected chi connectivity index (χ2v) is 6.17. The van der Waals surface area contributed by atoms with Crippen LogP contribution in [0.25, 0.3) is 0 Å². The molecule has 3 aromatic rings. The molecule has 1 heterocycles. The van der Waals surface area contributed by atoms with Crippen molar-refractivity contribution in [2.24, 2.45) is 0 Å². The van der Waals surface area contributed by atoms with Gasteiger partial charge in [0.1, 0.15) is 11.6 Å². The lowest BCUT2D eigenvalue weighted by Gasteiger charge is -2.13. The van der Waals surface area contributed by atoms with Gasteiger partial charge in [-0.15, -0.1) is 0 Å². The molecule has 0 aliphatic carbocycles. The smallest absolute Gasteiger partial charge is 0.257 e. The summed E-state index contributed by atoms with van der Waals surface area (Å²) < 4.78 is 13.7. The maximum atomic E-state index is 13.7. The number of hydrogen-bond acceptors (Lipinski definition) is 4. The van der Waals surface area contributed by atoms with Crippen LogP contribution in [-0.4, -0.2) is 22.5 Å². The molecule has 1 unspecified atom stereocenters. The van der Waals surface area contributed by atoms with E-state index in [4.69, 9.17) is 0 Å². The number of pyridine rings is 1. The van der Waals surface area contributed by atoms with Crippen molar-refractivity contribution in [3.63, 3.8) is 0 Å². The Bertz CT molecular complexity index is 911. The van der Waals surface area contributed by atoms with Gasteiger partial charge in [0.2, 0.25) is 0 Å². The summed E-state index contributed by atoms with van der Waals surface area (Å²) in [5, 5.41) is 15.8. The summed E-state index contributed by atoms with van der Waals surface area (Å²) in [5.41, 5.74) is 2.46. The summed E-state index contributed by atoms with van der Waals surface area (Å²) in [4.78, 5) is 16.4. The number of amides is 1. The second-order valence-electron chi connectivity index (χ2n) is 6.17. The van der Waals surface area contributed by atoms with E-state index in [9.17, 15) is 14.3 Å². The zero-order chi connectivity index (χ0) is 19.2. The lowest BCUT2D eigenvalue weighted by atomic mass is 10.1. The third kappa shape index (κ3) is 4.89. The Morgan fingerprint density at radius 1 is 1.11 bits per heavy atom. The van der Waals surface area contributed by atoms with Crippen LogP contribution in [0.1, 0.15) is 27.6 Å². The number of hydrogen-bond donors (Lipinski definition) is 3. The number of carbonyl (C=O) groups is 1. The van der Waals surface area contributed by atoms with Gasteiger partial charge < -0.3 is 15.7 Å². The fraction of sp³-hybridized carbons (Fsp3) is 0.143. The van der Waals surface area contributed by atoms with Crippen molar-refractivity contribution in [3.05, 3.63) is 89.4 Å². The number of benzene rings is 2. The lowest BCUT2D eigenvalue weighted by Crippen LogP contribution is -2.15. The average Bonchev–Trinajstić information content (AvgIpc) is 2.68. The molecule has 5 nitrogen and oxygen atoms in total. The number of halogens is 1. The first-order chi connectivity index (χ1) is 13.0. The van der Waals surface area contributed by atoms with Gasteiger partial charge in [-0.05, 0) is 37.3 Å². The lowest BCUT2D eigenvalue weighted by molar-refractivity contribution is 0.102. The van der Waals surface area contributed by atoms with Gasteiger partial charge in [0, 0.05) is 24.0 Å². The van der Waals surface area contributed by atoms with E-state index in [0.717, 1.165) is 5.56 Å². The Labute approximate surface area is 156 Å². The molecule has 1 aromatic heterocycles. The number of aliphatic hydroxyl groups is 1. The van der Waals surface area contributed by atoms with Crippen molar-refractivity contribution in [2.45, 2.75) is 13.0 Å². The van der Waals surface area contributed by atoms with Crippen LogP contribution in [0.4, 0.5) is 15.9 Å². The molecule has 0 fully saturated rings. The van der Waals surface area contributed by atoms with Crippen LogP contribution in [-0.2, 0) is 0 Å². The number of rotatable bonds is 6. The summed E-state index contributed by atoms with van der Waals surface area (Å²) in [6.07, 6.45) is 0.443. The van der Waals surface area contributed by atoms with Gasteiger partial charge in [-0.1, -0.05) is 35.9 Å². The summed E-state index contributed by atoms with van der Waals surface area (Å²) in [6, 6.07) is 16.9. The molecule has 1 atom stereocenters. The summed E-state index contributed by atoms with van der Waals surface area (Å²) >= 11 is 0. The van der Waals surface area contributed by atoms with Gasteiger partial charge in [0.05, 0.1) is 11.7 Å². The number of nitrogens with zero attached hydrogens (tertiary/aromatic N) is 1. The van der Waals surface area contributed by atoms with Crippen LogP contribution in [0.5, 0.6) is 0 Å². The van der Waals surface area contributed by atoms with Crippen molar-refractivity contribution in [1.82, 2.24) is 4.98 Å². The Morgan fingerprint density at radius 3 is 2.52 bits per heavy atom. The minimum Gasteiger partial charge on any atom is -0.386 e. The zero-order valence-electron chi connectivity index (χ0n) is 14.8. The Balaban J connectivity index is 1.57. The van der Waals surface area contributed by atoms with Gasteiger partial charge in [-0.2, -0.15) is 0 Å². The molecule has 0 bridgehead atoms. The summed E-state index contributed by atoms with van der Waals surface area (Å²) in [7, 11) is 0. The van der Waals surface area contributed by atoms with E-state index in [-0.39, 0.29) is 18.0 Å². The maximum absolute atomic E-state index is 13.7. The fourth-order valence-corrected chi connectivity index (χ4v) is 2.53. The van der Waals surface area contributed by atoms with Crippen molar-refractivity contribution in [1.29, 1.82) is 0 Å². The van der Waals surface area contributed by atoms with Crippen LogP contribution in [0, 0.1) is 12.7 Å². The summed E-state index contributed by atoms with van der Waals surface area (Å²) in [6.45, 7) is 2.08. The fourth-order valence-electron chi connectivity index (χ4n) is 2.53. The third-order valence-electron chi connectivity index (χ3n) is 4.08. The van der Waals surface area contributed by atoms with Crippen molar-refractivity contribution >= 4 is 17.4 Å². The van der Waals surface area contributed by atoms with Crippen LogP contribution >= 0.6 is 0 Å². The van der Waals surface area contributed by atoms with Crippen LogP contribution in [0.15, 0.2) is 66.9 Å². The minimum atomic E-state index is -1.00. The minimum absolute atomic E-state index is 0.100. The molecule has 6 heteroatoms. The highest BCUT2D eigenvalue weighted by Gasteiger charge is 2.12. The van der Waals surface area contributed by atoms with Gasteiger partial charge >= 0.3 is 0 Å². The number of anilines is 2. The van der Waals surface area contributed by atoms with E-state index in [1.807, 2.05) is 31.2 Å². The van der Waals surface area contributed by atoms with Gasteiger partial charge in [-0.25, -0.2) is 9.37 Å². The molecular formula is C21H20FN3O2. The number of carbonyl (C=O) groups excluding carboxylic acids is 1. The molecule has 3 rings (SSSR count). The largest absolute Gasteiger partial charge is 0.386 e. The molecule has 2 aromatic carbocycles. The SMILES string of the molecule is Cc1ccc(NC(=O)c2ccc(NCC(O)c3ccccc3F)nc2)cc1. The van der Waals surface area contributed by atoms with Gasteiger partial charge in [-0.3, -0.25) is 4.79 Å². The first kappa shape index (κ1) is 18.5. The Hall–Kier alpha value is -3.25. The van der Waals surface area contributed by atoms with Crippen molar-refractivity contribution < 1.29 is 14.3 Å². The van der Waals surface area contributed by atoms with E-state index in [0.29, 0.717) is 17.1 Å². The monoisotopic (exact) mass is 365 g/mol. The Morgan fingerprint density at radius 2 is 1.85 bits per heavy atom. The highest BCUT2D eigenvalue weighted by atomic mass is 19.1. The van der Waals surface area contributed by atoms with Crippen LogP contribution in [0.2, 0.25) is 0 Å². The molecule has 0 radical (unpaired) electrons. The Kier molecular flexibility index (Phi) is 5.78. The normalized spacial score (nSPS) is 11.7. The molecule has 0 saturated heterocycles. The van der Waals surface area contributed by atoms with E-state index in [1.165, 1.54) is 18.3 Å². The predicted molar refractivity (Wildman–Crippen MR) is 103 cm³/mol. The van der Waals surface area contributed by atoms with Crippen LogP contribution < -0.4 is 10.6 Å². The van der Waals surface area contributed by atoms with Gasteiger partial charge in [0.25, 0.3) is 5.91 Å². The topological polar surface area (TPSA) is 74.2 Å². The molecule has 0 aliphatic heterocycles. The maximum Gasteiger partial charge on any atom is 0.257 e. The quantitative estimate of drug-likeness (QED) is 0.619. The van der Waals surface area contributed by atoms with Crippen molar-refractivity contribution in [2.75, 3.05) is 17.2 Å². The zero-order valence-corrected chi connectivity index (χ0v) is 14.8. The highest BCUT2D eigenvalue weighted by molar-refractivity contribution is 6.04. The molecular weight excluding hydrogens is 345 g/mol. The van der Waals surface area contributed by atoms with Gasteiger partial charge in [0.15, 0.2) is 0 Å². The predicted octanol–water partition coefficient (Wildman–Crippen LogP) is 3.93. The molecule has 0 saturated carbocycles. The molecule has 0 spiro atoms. The second kappa shape index (κ2) is 8.42. The van der Waals surface area contributed by atoms with E-state index in [2.05, 4.69) is 15.6 Å². The van der Waals surface area contributed by atoms with E-state index < -0.39 is 11.9 Å². The number of aliphatic hydroxyl groups excluding tert-OH is 1. The standard InChI is InChI=1S/C21H20FN3O2/c1-14-6-9-16(10-7-14)25-21(27)15-8-11-20(23-12-15)24-13-19(26)17-4-2-3-5-18(17)22/h2-12,19,26H,13H2,1H3,(H,23,24)(H,25,27). The van der Waals surface area contributed by atoms with E-state index in [1.54, 1.807) is 24.3 Å².